The first-order valence-corrected chi connectivity index (χ1v) is 11.2. The van der Waals surface area contributed by atoms with Crippen LogP contribution < -0.4 is 10.6 Å². The summed E-state index contributed by atoms with van der Waals surface area (Å²) in [6.07, 6.45) is 3.36. The summed E-state index contributed by atoms with van der Waals surface area (Å²) in [5.41, 5.74) is 2.17. The average Bonchev–Trinajstić information content (AvgIpc) is 3.40. The molecule has 0 bridgehead atoms. The zero-order valence-electron chi connectivity index (χ0n) is 16.0. The molecule has 3 heterocycles. The van der Waals surface area contributed by atoms with Gasteiger partial charge in [-0.25, -0.2) is 0 Å². The van der Waals surface area contributed by atoms with Gasteiger partial charge in [-0.2, -0.15) is 0 Å². The molecule has 8 heteroatoms. The van der Waals surface area contributed by atoms with Crippen molar-refractivity contribution >= 4 is 51.6 Å². The Kier molecular flexibility index (Phi) is 6.46. The van der Waals surface area contributed by atoms with E-state index >= 15 is 0 Å². The zero-order valence-corrected chi connectivity index (χ0v) is 17.6. The Morgan fingerprint density at radius 1 is 1.10 bits per heavy atom. The van der Waals surface area contributed by atoms with E-state index in [1.807, 2.05) is 35.7 Å². The SMILES string of the molecule is O=C(CCNC(=O)c1oc2ccccc2c1CSc1cccs1)Nc1cccnc1. The number of amides is 2. The lowest BCUT2D eigenvalue weighted by Gasteiger charge is -2.06. The number of hydrogen-bond acceptors (Lipinski definition) is 6. The van der Waals surface area contributed by atoms with Crippen LogP contribution in [0.5, 0.6) is 0 Å². The van der Waals surface area contributed by atoms with Crippen LogP contribution in [0.1, 0.15) is 22.5 Å². The second-order valence-corrected chi connectivity index (χ2v) is 8.65. The van der Waals surface area contributed by atoms with E-state index in [0.717, 1.165) is 10.9 Å². The molecular weight excluding hydrogens is 418 g/mol. The van der Waals surface area contributed by atoms with Crippen LogP contribution in [-0.4, -0.2) is 23.3 Å². The Bertz CT molecular complexity index is 1140. The largest absolute Gasteiger partial charge is 0.451 e. The first-order valence-electron chi connectivity index (χ1n) is 9.35. The molecule has 0 saturated heterocycles. The highest BCUT2D eigenvalue weighted by Crippen LogP contribution is 2.33. The molecule has 152 valence electrons. The van der Waals surface area contributed by atoms with E-state index < -0.39 is 0 Å². The minimum atomic E-state index is -0.317. The van der Waals surface area contributed by atoms with Gasteiger partial charge < -0.3 is 15.1 Å². The Balaban J connectivity index is 1.40. The van der Waals surface area contributed by atoms with Crippen molar-refractivity contribution in [1.29, 1.82) is 0 Å². The maximum Gasteiger partial charge on any atom is 0.287 e. The second kappa shape index (κ2) is 9.60. The summed E-state index contributed by atoms with van der Waals surface area (Å²) in [5.74, 6) is 0.415. The first kappa shape index (κ1) is 20.2. The van der Waals surface area contributed by atoms with Crippen molar-refractivity contribution < 1.29 is 14.0 Å². The molecule has 0 fully saturated rings. The molecule has 2 amide bonds. The molecule has 1 aromatic carbocycles. The summed E-state index contributed by atoms with van der Waals surface area (Å²) in [7, 11) is 0. The number of benzene rings is 1. The maximum absolute atomic E-state index is 12.8. The van der Waals surface area contributed by atoms with E-state index in [-0.39, 0.29) is 24.8 Å². The van der Waals surface area contributed by atoms with E-state index in [1.165, 1.54) is 4.21 Å². The normalized spacial score (nSPS) is 10.8. The van der Waals surface area contributed by atoms with Crippen molar-refractivity contribution in [3.05, 3.63) is 77.6 Å². The maximum atomic E-state index is 12.8. The van der Waals surface area contributed by atoms with Gasteiger partial charge in [-0.15, -0.1) is 23.1 Å². The third kappa shape index (κ3) is 4.90. The molecule has 6 nitrogen and oxygen atoms in total. The van der Waals surface area contributed by atoms with Crippen LogP contribution in [0.15, 0.2) is 74.9 Å². The van der Waals surface area contributed by atoms with Crippen molar-refractivity contribution in [3.63, 3.8) is 0 Å². The number of nitrogens with one attached hydrogen (secondary N) is 2. The van der Waals surface area contributed by atoms with Gasteiger partial charge in [0.2, 0.25) is 5.91 Å². The van der Waals surface area contributed by atoms with Gasteiger partial charge in [-0.05, 0) is 29.6 Å². The number of furan rings is 1. The molecule has 0 unspecified atom stereocenters. The van der Waals surface area contributed by atoms with Crippen LogP contribution >= 0.6 is 23.1 Å². The Hall–Kier alpha value is -3.10. The standard InChI is InChI=1S/C22H19N3O3S2/c26-19(25-15-5-3-10-23-13-15)9-11-24-22(27)21-17(14-30-20-8-4-12-29-20)16-6-1-2-7-18(16)28-21/h1-8,10,12-13H,9,11,14H2,(H,24,27)(H,25,26). The quantitative estimate of drug-likeness (QED) is 0.382. The number of hydrogen-bond donors (Lipinski definition) is 2. The van der Waals surface area contributed by atoms with Gasteiger partial charge in [-0.1, -0.05) is 24.3 Å². The molecule has 0 radical (unpaired) electrons. The summed E-state index contributed by atoms with van der Waals surface area (Å²) in [6.45, 7) is 0.208. The van der Waals surface area contributed by atoms with E-state index in [2.05, 4.69) is 21.7 Å². The van der Waals surface area contributed by atoms with Gasteiger partial charge in [0.25, 0.3) is 5.91 Å². The average molecular weight is 438 g/mol. The van der Waals surface area contributed by atoms with Crippen molar-refractivity contribution in [2.45, 2.75) is 16.4 Å². The van der Waals surface area contributed by atoms with Gasteiger partial charge in [0.05, 0.1) is 16.1 Å². The van der Waals surface area contributed by atoms with E-state index in [1.54, 1.807) is 47.6 Å². The molecule has 2 N–H and O–H groups in total. The Labute approximate surface area is 181 Å². The van der Waals surface area contributed by atoms with E-state index in [0.29, 0.717) is 22.8 Å². The number of rotatable bonds is 8. The number of thiophene rings is 1. The zero-order chi connectivity index (χ0) is 20.8. The van der Waals surface area contributed by atoms with Gasteiger partial charge in [0.1, 0.15) is 5.58 Å². The minimum absolute atomic E-state index is 0.153. The van der Waals surface area contributed by atoms with Crippen LogP contribution in [0.4, 0.5) is 5.69 Å². The molecule has 4 aromatic rings. The summed E-state index contributed by atoms with van der Waals surface area (Å²) in [6, 6.07) is 15.2. The van der Waals surface area contributed by atoms with Crippen molar-refractivity contribution in [3.8, 4) is 0 Å². The third-order valence-electron chi connectivity index (χ3n) is 4.34. The van der Waals surface area contributed by atoms with Crippen LogP contribution in [0.3, 0.4) is 0 Å². The molecule has 3 aromatic heterocycles. The smallest absolute Gasteiger partial charge is 0.287 e. The predicted octanol–water partition coefficient (Wildman–Crippen LogP) is 4.94. The monoisotopic (exact) mass is 437 g/mol. The Morgan fingerprint density at radius 3 is 2.80 bits per heavy atom. The van der Waals surface area contributed by atoms with E-state index in [9.17, 15) is 9.59 Å². The highest BCUT2D eigenvalue weighted by atomic mass is 32.2. The summed E-state index contributed by atoms with van der Waals surface area (Å²) >= 11 is 3.33. The number of pyridine rings is 1. The topological polar surface area (TPSA) is 84.2 Å². The molecule has 0 aliphatic heterocycles. The fourth-order valence-corrected chi connectivity index (χ4v) is 4.76. The molecule has 30 heavy (non-hydrogen) atoms. The summed E-state index contributed by atoms with van der Waals surface area (Å²) < 4.78 is 7.03. The number of carbonyl (C=O) groups excluding carboxylic acids is 2. The molecule has 0 saturated carbocycles. The molecule has 0 spiro atoms. The van der Waals surface area contributed by atoms with Crippen LogP contribution in [0.25, 0.3) is 11.0 Å². The number of para-hydroxylation sites is 1. The van der Waals surface area contributed by atoms with Crippen LogP contribution in [0.2, 0.25) is 0 Å². The molecule has 0 atom stereocenters. The highest BCUT2D eigenvalue weighted by Gasteiger charge is 2.20. The summed E-state index contributed by atoms with van der Waals surface area (Å²) in [4.78, 5) is 28.8. The third-order valence-corrected chi connectivity index (χ3v) is 6.50. The molecular formula is C22H19N3O3S2. The minimum Gasteiger partial charge on any atom is -0.451 e. The Morgan fingerprint density at radius 2 is 2.00 bits per heavy atom. The summed E-state index contributed by atoms with van der Waals surface area (Å²) in [5, 5.41) is 8.50. The lowest BCUT2D eigenvalue weighted by atomic mass is 10.1. The number of nitrogens with zero attached hydrogens (tertiary/aromatic N) is 1. The number of carbonyl (C=O) groups is 2. The number of fused-ring (bicyclic) bond motifs is 1. The fraction of sp³-hybridized carbons (Fsp3) is 0.136. The van der Waals surface area contributed by atoms with Crippen molar-refractivity contribution in [2.24, 2.45) is 0 Å². The van der Waals surface area contributed by atoms with Gasteiger partial charge in [0, 0.05) is 35.9 Å². The lowest BCUT2D eigenvalue weighted by Crippen LogP contribution is -2.28. The van der Waals surface area contributed by atoms with Crippen LogP contribution in [-0.2, 0) is 10.5 Å². The van der Waals surface area contributed by atoms with Gasteiger partial charge in [-0.3, -0.25) is 14.6 Å². The van der Waals surface area contributed by atoms with Gasteiger partial charge >= 0.3 is 0 Å². The van der Waals surface area contributed by atoms with Crippen LogP contribution in [0, 0.1) is 0 Å². The number of anilines is 1. The fourth-order valence-electron chi connectivity index (χ4n) is 2.94. The predicted molar refractivity (Wildman–Crippen MR) is 120 cm³/mol. The first-order chi connectivity index (χ1) is 14.7. The van der Waals surface area contributed by atoms with Crippen molar-refractivity contribution in [2.75, 3.05) is 11.9 Å². The number of thioether (sulfide) groups is 1. The second-order valence-electron chi connectivity index (χ2n) is 6.42. The van der Waals surface area contributed by atoms with Gasteiger partial charge in [0.15, 0.2) is 5.76 Å². The highest BCUT2D eigenvalue weighted by molar-refractivity contribution is 8.00. The van der Waals surface area contributed by atoms with Crippen molar-refractivity contribution in [1.82, 2.24) is 10.3 Å². The van der Waals surface area contributed by atoms with E-state index in [4.69, 9.17) is 4.42 Å². The molecule has 0 aliphatic rings. The lowest BCUT2D eigenvalue weighted by molar-refractivity contribution is -0.116. The molecule has 0 aliphatic carbocycles. The number of aromatic nitrogens is 1. The molecule has 4 rings (SSSR count).